The van der Waals surface area contributed by atoms with Gasteiger partial charge in [0.15, 0.2) is 0 Å². The number of halogens is 1. The molecular formula is C17H14BrN3OS2. The van der Waals surface area contributed by atoms with Crippen molar-refractivity contribution in [2.75, 3.05) is 11.1 Å². The molecule has 4 nitrogen and oxygen atoms in total. The summed E-state index contributed by atoms with van der Waals surface area (Å²) in [5.41, 5.74) is 2.18. The van der Waals surface area contributed by atoms with Crippen LogP contribution in [0.3, 0.4) is 0 Å². The first-order chi connectivity index (χ1) is 11.6. The predicted molar refractivity (Wildman–Crippen MR) is 104 cm³/mol. The molecule has 0 aliphatic rings. The molecule has 2 aromatic carbocycles. The highest BCUT2D eigenvalue weighted by atomic mass is 79.9. The number of thioether (sulfide) groups is 1. The summed E-state index contributed by atoms with van der Waals surface area (Å²) in [5, 5.41) is 12.3. The standard InChI is InChI=1S/C17H14BrN3OS2/c1-11-2-8-14(9-3-11)23-10-15(22)19-17-21-20-16(24-17)12-4-6-13(18)7-5-12/h2-9H,10H2,1H3,(H,19,21,22). The second kappa shape index (κ2) is 7.92. The number of benzene rings is 2. The maximum absolute atomic E-state index is 12.0. The molecule has 0 aliphatic carbocycles. The molecule has 122 valence electrons. The Hall–Kier alpha value is -1.70. The lowest BCUT2D eigenvalue weighted by molar-refractivity contribution is -0.113. The minimum Gasteiger partial charge on any atom is -0.300 e. The lowest BCUT2D eigenvalue weighted by Crippen LogP contribution is -2.13. The SMILES string of the molecule is Cc1ccc(SCC(=O)Nc2nnc(-c3ccc(Br)cc3)s2)cc1. The van der Waals surface area contributed by atoms with E-state index in [4.69, 9.17) is 0 Å². The Labute approximate surface area is 156 Å². The van der Waals surface area contributed by atoms with E-state index < -0.39 is 0 Å². The summed E-state index contributed by atoms with van der Waals surface area (Å²) in [7, 11) is 0. The molecule has 24 heavy (non-hydrogen) atoms. The van der Waals surface area contributed by atoms with Crippen molar-refractivity contribution in [3.05, 3.63) is 58.6 Å². The molecule has 0 spiro atoms. The van der Waals surface area contributed by atoms with Gasteiger partial charge in [-0.15, -0.1) is 22.0 Å². The Balaban J connectivity index is 1.57. The normalized spacial score (nSPS) is 10.6. The fourth-order valence-corrected chi connectivity index (χ4v) is 3.65. The maximum Gasteiger partial charge on any atom is 0.236 e. The molecule has 0 aliphatic heterocycles. The van der Waals surface area contributed by atoms with Crippen molar-refractivity contribution in [2.45, 2.75) is 11.8 Å². The molecule has 3 rings (SSSR count). The van der Waals surface area contributed by atoms with Crippen LogP contribution in [-0.4, -0.2) is 21.9 Å². The molecule has 1 heterocycles. The van der Waals surface area contributed by atoms with E-state index in [0.29, 0.717) is 10.9 Å². The van der Waals surface area contributed by atoms with Crippen molar-refractivity contribution >= 4 is 50.1 Å². The molecule has 0 atom stereocenters. The smallest absolute Gasteiger partial charge is 0.236 e. The number of aryl methyl sites for hydroxylation is 1. The largest absolute Gasteiger partial charge is 0.300 e. The average molecular weight is 420 g/mol. The van der Waals surface area contributed by atoms with Gasteiger partial charge < -0.3 is 0 Å². The monoisotopic (exact) mass is 419 g/mol. The zero-order valence-corrected chi connectivity index (χ0v) is 16.0. The average Bonchev–Trinajstić information content (AvgIpc) is 3.03. The Morgan fingerprint density at radius 3 is 2.54 bits per heavy atom. The minimum atomic E-state index is -0.0842. The first kappa shape index (κ1) is 17.1. The number of amides is 1. The van der Waals surface area contributed by atoms with Crippen LogP contribution < -0.4 is 5.32 Å². The summed E-state index contributed by atoms with van der Waals surface area (Å²) in [6.45, 7) is 2.04. The van der Waals surface area contributed by atoms with E-state index in [1.165, 1.54) is 28.7 Å². The van der Waals surface area contributed by atoms with Crippen LogP contribution in [0.1, 0.15) is 5.56 Å². The second-order valence-corrected chi connectivity index (χ2v) is 8.01. The number of carbonyl (C=O) groups is 1. The quantitative estimate of drug-likeness (QED) is 0.590. The minimum absolute atomic E-state index is 0.0842. The summed E-state index contributed by atoms with van der Waals surface area (Å²) < 4.78 is 1.01. The zero-order chi connectivity index (χ0) is 16.9. The van der Waals surface area contributed by atoms with Crippen molar-refractivity contribution in [3.8, 4) is 10.6 Å². The number of nitrogens with one attached hydrogen (secondary N) is 1. The van der Waals surface area contributed by atoms with Gasteiger partial charge in [-0.3, -0.25) is 10.1 Å². The van der Waals surface area contributed by atoms with Crippen molar-refractivity contribution < 1.29 is 4.79 Å². The molecule has 0 unspecified atom stereocenters. The van der Waals surface area contributed by atoms with Gasteiger partial charge in [-0.25, -0.2) is 0 Å². The lowest BCUT2D eigenvalue weighted by Gasteiger charge is -2.02. The number of nitrogens with zero attached hydrogens (tertiary/aromatic N) is 2. The summed E-state index contributed by atoms with van der Waals surface area (Å²) in [6.07, 6.45) is 0. The van der Waals surface area contributed by atoms with Gasteiger partial charge in [0.05, 0.1) is 5.75 Å². The Morgan fingerprint density at radius 2 is 1.83 bits per heavy atom. The van der Waals surface area contributed by atoms with Crippen molar-refractivity contribution in [1.82, 2.24) is 10.2 Å². The molecule has 0 bridgehead atoms. The van der Waals surface area contributed by atoms with E-state index in [0.717, 1.165) is 19.9 Å². The Kier molecular flexibility index (Phi) is 5.65. The predicted octanol–water partition coefficient (Wildman–Crippen LogP) is 5.01. The molecule has 0 radical (unpaired) electrons. The van der Waals surface area contributed by atoms with E-state index in [1.807, 2.05) is 55.5 Å². The number of carbonyl (C=O) groups excluding carboxylic acids is 1. The van der Waals surface area contributed by atoms with Crippen molar-refractivity contribution in [3.63, 3.8) is 0 Å². The first-order valence-electron chi connectivity index (χ1n) is 7.19. The Bertz CT molecular complexity index is 832. The molecule has 7 heteroatoms. The fraction of sp³-hybridized carbons (Fsp3) is 0.118. The van der Waals surface area contributed by atoms with E-state index in [1.54, 1.807) is 0 Å². The van der Waals surface area contributed by atoms with Gasteiger partial charge in [0, 0.05) is 14.9 Å². The van der Waals surface area contributed by atoms with Gasteiger partial charge in [0.1, 0.15) is 5.01 Å². The lowest BCUT2D eigenvalue weighted by atomic mass is 10.2. The van der Waals surface area contributed by atoms with Crippen LogP contribution >= 0.6 is 39.0 Å². The summed E-state index contributed by atoms with van der Waals surface area (Å²) in [5.74, 6) is 0.259. The van der Waals surface area contributed by atoms with E-state index in [9.17, 15) is 4.79 Å². The highest BCUT2D eigenvalue weighted by Crippen LogP contribution is 2.27. The summed E-state index contributed by atoms with van der Waals surface area (Å²) in [6, 6.07) is 15.9. The molecule has 0 saturated carbocycles. The molecule has 3 aromatic rings. The summed E-state index contributed by atoms with van der Waals surface area (Å²) in [4.78, 5) is 13.1. The third-order valence-electron chi connectivity index (χ3n) is 3.15. The van der Waals surface area contributed by atoms with Crippen molar-refractivity contribution in [1.29, 1.82) is 0 Å². The molecule has 0 fully saturated rings. The van der Waals surface area contributed by atoms with Crippen LogP contribution in [0.25, 0.3) is 10.6 Å². The maximum atomic E-state index is 12.0. The third kappa shape index (κ3) is 4.66. The van der Waals surface area contributed by atoms with Gasteiger partial charge in [-0.2, -0.15) is 0 Å². The molecular weight excluding hydrogens is 406 g/mol. The van der Waals surface area contributed by atoms with Crippen LogP contribution in [0.4, 0.5) is 5.13 Å². The topological polar surface area (TPSA) is 54.9 Å². The highest BCUT2D eigenvalue weighted by molar-refractivity contribution is 9.10. The van der Waals surface area contributed by atoms with Crippen LogP contribution in [0.15, 0.2) is 57.9 Å². The van der Waals surface area contributed by atoms with Gasteiger partial charge in [-0.1, -0.05) is 57.1 Å². The van der Waals surface area contributed by atoms with Crippen molar-refractivity contribution in [2.24, 2.45) is 0 Å². The second-order valence-electron chi connectivity index (χ2n) is 5.07. The van der Waals surface area contributed by atoms with Gasteiger partial charge in [0.25, 0.3) is 0 Å². The number of anilines is 1. The van der Waals surface area contributed by atoms with E-state index in [2.05, 4.69) is 31.4 Å². The fourth-order valence-electron chi connectivity index (χ4n) is 1.92. The molecule has 1 amide bonds. The molecule has 0 saturated heterocycles. The highest BCUT2D eigenvalue weighted by Gasteiger charge is 2.10. The summed E-state index contributed by atoms with van der Waals surface area (Å²) >= 11 is 6.27. The van der Waals surface area contributed by atoms with Crippen LogP contribution in [0.5, 0.6) is 0 Å². The number of hydrogen-bond acceptors (Lipinski definition) is 5. The Morgan fingerprint density at radius 1 is 1.12 bits per heavy atom. The van der Waals surface area contributed by atoms with Gasteiger partial charge in [0.2, 0.25) is 11.0 Å². The third-order valence-corrected chi connectivity index (χ3v) is 5.58. The van der Waals surface area contributed by atoms with Crippen LogP contribution in [0.2, 0.25) is 0 Å². The molecule has 1 N–H and O–H groups in total. The number of hydrogen-bond donors (Lipinski definition) is 1. The van der Waals surface area contributed by atoms with E-state index in [-0.39, 0.29) is 5.91 Å². The van der Waals surface area contributed by atoms with Crippen LogP contribution in [0, 0.1) is 6.92 Å². The van der Waals surface area contributed by atoms with Gasteiger partial charge in [-0.05, 0) is 31.2 Å². The number of aromatic nitrogens is 2. The first-order valence-corrected chi connectivity index (χ1v) is 9.78. The number of rotatable bonds is 5. The van der Waals surface area contributed by atoms with E-state index >= 15 is 0 Å². The zero-order valence-electron chi connectivity index (χ0n) is 12.8. The van der Waals surface area contributed by atoms with Gasteiger partial charge >= 0.3 is 0 Å². The van der Waals surface area contributed by atoms with Crippen LogP contribution in [-0.2, 0) is 4.79 Å². The molecule has 1 aromatic heterocycles.